The highest BCUT2D eigenvalue weighted by Gasteiger charge is 2.52. The summed E-state index contributed by atoms with van der Waals surface area (Å²) in [7, 11) is 2.00. The van der Waals surface area contributed by atoms with Gasteiger partial charge in [-0.25, -0.2) is 0 Å². The van der Waals surface area contributed by atoms with Crippen LogP contribution in [-0.4, -0.2) is 25.0 Å². The molecule has 2 N–H and O–H groups in total. The van der Waals surface area contributed by atoms with Crippen LogP contribution in [0.5, 0.6) is 0 Å². The molecule has 0 bridgehead atoms. The van der Waals surface area contributed by atoms with E-state index in [1.807, 2.05) is 49.5 Å². The molecule has 118 valence electrons. The van der Waals surface area contributed by atoms with Gasteiger partial charge in [0.25, 0.3) is 0 Å². The Hall–Kier alpha value is -3.07. The second kappa shape index (κ2) is 5.85. The smallest absolute Gasteiger partial charge is 0.201 e. The Morgan fingerprint density at radius 3 is 2.42 bits per heavy atom. The molecule has 0 spiro atoms. The molecule has 2 aliphatic rings. The Bertz CT molecular complexity index is 830. The molecule has 0 amide bonds. The van der Waals surface area contributed by atoms with Gasteiger partial charge in [0.1, 0.15) is 0 Å². The van der Waals surface area contributed by atoms with Crippen LogP contribution in [0.2, 0.25) is 0 Å². The van der Waals surface area contributed by atoms with E-state index < -0.39 is 5.41 Å². The van der Waals surface area contributed by atoms with Crippen molar-refractivity contribution in [3.05, 3.63) is 58.8 Å². The fourth-order valence-corrected chi connectivity index (χ4v) is 3.85. The zero-order chi connectivity index (χ0) is 17.3. The highest BCUT2D eigenvalue weighted by molar-refractivity contribution is 5.60. The third-order valence-corrected chi connectivity index (χ3v) is 4.97. The number of nitrogens with two attached hydrogens (primary N) is 1. The van der Waals surface area contributed by atoms with Crippen LogP contribution in [0.1, 0.15) is 11.5 Å². The summed E-state index contributed by atoms with van der Waals surface area (Å²) in [6.07, 6.45) is 1.92. The van der Waals surface area contributed by atoms with Crippen molar-refractivity contribution in [3.8, 4) is 18.2 Å². The van der Waals surface area contributed by atoms with E-state index in [1.54, 1.807) is 0 Å². The van der Waals surface area contributed by atoms with Crippen molar-refractivity contribution in [2.75, 3.05) is 20.1 Å². The molecule has 5 nitrogen and oxygen atoms in total. The van der Waals surface area contributed by atoms with Crippen molar-refractivity contribution in [1.29, 1.82) is 15.8 Å². The minimum Gasteiger partial charge on any atom is -0.401 e. The fourth-order valence-electron chi connectivity index (χ4n) is 3.85. The molecule has 0 saturated heterocycles. The monoisotopic (exact) mass is 315 g/mol. The fraction of sp³-hybridized carbons (Fsp3) is 0.316. The predicted octanol–water partition coefficient (Wildman–Crippen LogP) is 2.04. The number of nitrogens with zero attached hydrogens (tertiary/aromatic N) is 4. The SMILES string of the molecule is CN1CC=C2[C@H](C1)[C@H](c1ccccc1)C(N)=C(C#N)C2(C#N)C#N. The van der Waals surface area contributed by atoms with Crippen LogP contribution in [-0.2, 0) is 0 Å². The average molecular weight is 315 g/mol. The molecule has 1 aliphatic carbocycles. The lowest BCUT2D eigenvalue weighted by Gasteiger charge is -2.44. The lowest BCUT2D eigenvalue weighted by Crippen LogP contribution is -2.46. The van der Waals surface area contributed by atoms with Gasteiger partial charge in [0.05, 0.1) is 23.8 Å². The summed E-state index contributed by atoms with van der Waals surface area (Å²) in [5.41, 5.74) is 6.91. The standard InChI is InChI=1S/C19H17N5/c1-24-8-7-15-14(10-24)17(13-5-3-2-4-6-13)18(23)16(9-20)19(15,11-21)12-22/h2-7,14,17H,8,10,23H2,1H3/t14-,17-/m0/s1. The van der Waals surface area contributed by atoms with Crippen LogP contribution in [0.25, 0.3) is 0 Å². The van der Waals surface area contributed by atoms with Gasteiger partial charge in [0.2, 0.25) is 5.41 Å². The zero-order valence-electron chi connectivity index (χ0n) is 13.4. The van der Waals surface area contributed by atoms with Gasteiger partial charge in [-0.05, 0) is 18.2 Å². The van der Waals surface area contributed by atoms with Crippen molar-refractivity contribution in [3.63, 3.8) is 0 Å². The number of likely N-dealkylation sites (N-methyl/N-ethyl adjacent to an activating group) is 1. The average Bonchev–Trinajstić information content (AvgIpc) is 2.61. The maximum Gasteiger partial charge on any atom is 0.201 e. The van der Waals surface area contributed by atoms with Gasteiger partial charge < -0.3 is 10.6 Å². The number of fused-ring (bicyclic) bond motifs is 1. The van der Waals surface area contributed by atoms with E-state index in [9.17, 15) is 15.8 Å². The van der Waals surface area contributed by atoms with E-state index in [2.05, 4.69) is 17.0 Å². The van der Waals surface area contributed by atoms with E-state index >= 15 is 0 Å². The summed E-state index contributed by atoms with van der Waals surface area (Å²) >= 11 is 0. The summed E-state index contributed by atoms with van der Waals surface area (Å²) in [5.74, 6) is -0.299. The molecule has 0 radical (unpaired) electrons. The Kier molecular flexibility index (Phi) is 3.86. The molecule has 3 rings (SSSR count). The van der Waals surface area contributed by atoms with Gasteiger partial charge in [0, 0.05) is 30.6 Å². The van der Waals surface area contributed by atoms with Gasteiger partial charge in [-0.15, -0.1) is 0 Å². The summed E-state index contributed by atoms with van der Waals surface area (Å²) in [6.45, 7) is 1.34. The summed E-state index contributed by atoms with van der Waals surface area (Å²) in [6, 6.07) is 15.9. The van der Waals surface area contributed by atoms with Gasteiger partial charge in [-0.2, -0.15) is 15.8 Å². The first kappa shape index (κ1) is 15.8. The lowest BCUT2D eigenvalue weighted by molar-refractivity contribution is 0.263. The van der Waals surface area contributed by atoms with Crippen LogP contribution in [0.4, 0.5) is 0 Å². The van der Waals surface area contributed by atoms with Crippen molar-refractivity contribution >= 4 is 0 Å². The van der Waals surface area contributed by atoms with E-state index in [-0.39, 0.29) is 17.4 Å². The summed E-state index contributed by atoms with van der Waals surface area (Å²) in [5, 5.41) is 29.1. The molecule has 0 unspecified atom stereocenters. The number of nitriles is 3. The van der Waals surface area contributed by atoms with Crippen LogP contribution >= 0.6 is 0 Å². The van der Waals surface area contributed by atoms with E-state index in [4.69, 9.17) is 5.73 Å². The largest absolute Gasteiger partial charge is 0.401 e. The number of benzene rings is 1. The Labute approximate surface area is 141 Å². The zero-order valence-corrected chi connectivity index (χ0v) is 13.4. The predicted molar refractivity (Wildman–Crippen MR) is 88.7 cm³/mol. The van der Waals surface area contributed by atoms with Gasteiger partial charge >= 0.3 is 0 Å². The normalized spacial score (nSPS) is 25.7. The van der Waals surface area contributed by atoms with Crippen LogP contribution < -0.4 is 5.73 Å². The maximum absolute atomic E-state index is 9.75. The molecule has 1 heterocycles. The molecular formula is C19H17N5. The Balaban J connectivity index is 2.31. The van der Waals surface area contributed by atoms with Crippen molar-refractivity contribution < 1.29 is 0 Å². The molecule has 2 atom stereocenters. The molecule has 1 aliphatic heterocycles. The molecule has 0 aromatic heterocycles. The topological polar surface area (TPSA) is 101 Å². The van der Waals surface area contributed by atoms with E-state index in [1.165, 1.54) is 0 Å². The lowest BCUT2D eigenvalue weighted by atomic mass is 9.59. The van der Waals surface area contributed by atoms with Gasteiger partial charge in [-0.3, -0.25) is 0 Å². The maximum atomic E-state index is 9.75. The molecule has 24 heavy (non-hydrogen) atoms. The second-order valence-electron chi connectivity index (χ2n) is 6.29. The number of hydrogen-bond donors (Lipinski definition) is 1. The second-order valence-corrected chi connectivity index (χ2v) is 6.29. The Morgan fingerprint density at radius 2 is 1.83 bits per heavy atom. The van der Waals surface area contributed by atoms with Crippen LogP contribution in [0.3, 0.4) is 0 Å². The first-order valence-electron chi connectivity index (χ1n) is 7.75. The summed E-state index contributed by atoms with van der Waals surface area (Å²) < 4.78 is 0. The molecule has 0 fully saturated rings. The van der Waals surface area contributed by atoms with Gasteiger partial charge in [0.15, 0.2) is 0 Å². The van der Waals surface area contributed by atoms with Gasteiger partial charge in [-0.1, -0.05) is 36.4 Å². The number of allylic oxidation sites excluding steroid dienone is 2. The Morgan fingerprint density at radius 1 is 1.17 bits per heavy atom. The minimum absolute atomic E-state index is 0.0772. The highest BCUT2D eigenvalue weighted by Crippen LogP contribution is 2.52. The summed E-state index contributed by atoms with van der Waals surface area (Å²) in [4.78, 5) is 2.13. The van der Waals surface area contributed by atoms with Crippen molar-refractivity contribution in [2.45, 2.75) is 5.92 Å². The molecule has 5 heteroatoms. The third-order valence-electron chi connectivity index (χ3n) is 4.97. The number of hydrogen-bond acceptors (Lipinski definition) is 5. The molecule has 1 aromatic carbocycles. The molecule has 1 aromatic rings. The van der Waals surface area contributed by atoms with Crippen LogP contribution in [0.15, 0.2) is 53.3 Å². The minimum atomic E-state index is -1.57. The first-order valence-corrected chi connectivity index (χ1v) is 7.75. The van der Waals surface area contributed by atoms with E-state index in [0.717, 1.165) is 5.56 Å². The van der Waals surface area contributed by atoms with Crippen LogP contribution in [0, 0.1) is 45.3 Å². The highest BCUT2D eigenvalue weighted by atomic mass is 15.1. The van der Waals surface area contributed by atoms with Crippen molar-refractivity contribution in [2.24, 2.45) is 17.1 Å². The molecule has 0 saturated carbocycles. The third kappa shape index (κ3) is 2.09. The number of rotatable bonds is 1. The molecular weight excluding hydrogens is 298 g/mol. The van der Waals surface area contributed by atoms with Crippen molar-refractivity contribution in [1.82, 2.24) is 4.90 Å². The first-order chi connectivity index (χ1) is 11.6. The quantitative estimate of drug-likeness (QED) is 0.799. The van der Waals surface area contributed by atoms with E-state index in [0.29, 0.717) is 24.4 Å².